The number of phosphoric ester groups is 1. The van der Waals surface area contributed by atoms with Gasteiger partial charge in [0.15, 0.2) is 0 Å². The average Bonchev–Trinajstić information content (AvgIpc) is 3.41. The molecule has 3 unspecified atom stereocenters. The Balaban J connectivity index is 5.09. The van der Waals surface area contributed by atoms with Crippen molar-refractivity contribution in [2.45, 2.75) is 315 Å². The second-order valence-electron chi connectivity index (χ2n) is 23.6. The molecule has 10 heteroatoms. The second kappa shape index (κ2) is 58.6. The number of amides is 1. The Morgan fingerprint density at radius 3 is 1.18 bits per heavy atom. The van der Waals surface area contributed by atoms with E-state index in [-0.39, 0.29) is 24.9 Å². The molecule has 1 N–H and O–H groups in total. The van der Waals surface area contributed by atoms with Crippen molar-refractivity contribution in [2.24, 2.45) is 0 Å². The number of phosphoric acid groups is 1. The number of quaternary nitrogens is 1. The number of esters is 1. The standard InChI is InChI=1S/C69H127N2O7P/c1-7-10-13-16-19-22-25-27-29-31-32-33-34-35-36-37-38-40-42-44-47-50-53-56-59-62-69(73)78-67(60-57-54-51-48-45-24-21-18-15-12-9-3)66(65-77-79(74,75)76-64-63-71(4,5)6)70-68(72)61-58-55-52-49-46-43-41-39-30-28-26-23-20-17-14-11-8-2/h19-20,22-23,27-30,41,43,57,60,66-67H,7-18,21,24-26,31-40,42,44-56,58-59,61-65H2,1-6H3,(H-,70,72,74,75)/b22-19-,23-20-,29-27-,30-28-,43-41-,60-57-. The highest BCUT2D eigenvalue weighted by molar-refractivity contribution is 7.45. The molecule has 0 aliphatic heterocycles. The van der Waals surface area contributed by atoms with Gasteiger partial charge >= 0.3 is 5.97 Å². The van der Waals surface area contributed by atoms with Gasteiger partial charge in [0, 0.05) is 12.8 Å². The monoisotopic (exact) mass is 1130 g/mol. The molecule has 3 atom stereocenters. The zero-order chi connectivity index (χ0) is 57.9. The summed E-state index contributed by atoms with van der Waals surface area (Å²) in [5.41, 5.74) is 0. The summed E-state index contributed by atoms with van der Waals surface area (Å²) in [4.78, 5) is 40.0. The number of hydrogen-bond acceptors (Lipinski definition) is 7. The van der Waals surface area contributed by atoms with Crippen molar-refractivity contribution in [1.82, 2.24) is 5.32 Å². The molecule has 0 aromatic carbocycles. The molecule has 0 saturated carbocycles. The van der Waals surface area contributed by atoms with Crippen LogP contribution < -0.4 is 10.2 Å². The fraction of sp³-hybridized carbons (Fsp3) is 0.797. The predicted octanol–water partition coefficient (Wildman–Crippen LogP) is 20.2. The third kappa shape index (κ3) is 59.9. The molecule has 0 aromatic rings. The van der Waals surface area contributed by atoms with Crippen LogP contribution in [0.3, 0.4) is 0 Å². The topological polar surface area (TPSA) is 114 Å². The first-order valence-corrected chi connectivity index (χ1v) is 34.7. The van der Waals surface area contributed by atoms with Crippen LogP contribution in [-0.2, 0) is 27.9 Å². The fourth-order valence-electron chi connectivity index (χ4n) is 9.44. The molecule has 0 spiro atoms. The quantitative estimate of drug-likeness (QED) is 0.0212. The molecule has 0 radical (unpaired) electrons. The lowest BCUT2D eigenvalue weighted by molar-refractivity contribution is -0.870. The van der Waals surface area contributed by atoms with Crippen LogP contribution in [-0.4, -0.2) is 69.4 Å². The number of nitrogens with zero attached hydrogens (tertiary/aromatic N) is 1. The predicted molar refractivity (Wildman–Crippen MR) is 339 cm³/mol. The Kier molecular flexibility index (Phi) is 56.7. The largest absolute Gasteiger partial charge is 0.756 e. The van der Waals surface area contributed by atoms with Crippen LogP contribution in [0.25, 0.3) is 0 Å². The van der Waals surface area contributed by atoms with Crippen molar-refractivity contribution in [2.75, 3.05) is 40.9 Å². The van der Waals surface area contributed by atoms with Crippen molar-refractivity contribution in [3.63, 3.8) is 0 Å². The van der Waals surface area contributed by atoms with E-state index >= 15 is 0 Å². The molecule has 0 aromatic heterocycles. The van der Waals surface area contributed by atoms with Crippen LogP contribution in [0.15, 0.2) is 72.9 Å². The lowest BCUT2D eigenvalue weighted by Crippen LogP contribution is -2.47. The first kappa shape index (κ1) is 76.5. The van der Waals surface area contributed by atoms with E-state index in [1.807, 2.05) is 33.3 Å². The molecule has 0 bridgehead atoms. The Labute approximate surface area is 489 Å². The van der Waals surface area contributed by atoms with E-state index in [1.165, 1.54) is 180 Å². The molecule has 0 fully saturated rings. The van der Waals surface area contributed by atoms with E-state index in [0.717, 1.165) is 83.5 Å². The molecule has 1 amide bonds. The summed E-state index contributed by atoms with van der Waals surface area (Å²) >= 11 is 0. The van der Waals surface area contributed by atoms with Crippen LogP contribution in [0, 0.1) is 0 Å². The zero-order valence-electron chi connectivity index (χ0n) is 52.6. The first-order valence-electron chi connectivity index (χ1n) is 33.2. The van der Waals surface area contributed by atoms with Crippen LogP contribution in [0.4, 0.5) is 0 Å². The van der Waals surface area contributed by atoms with Crippen molar-refractivity contribution < 1.29 is 37.3 Å². The lowest BCUT2D eigenvalue weighted by atomic mass is 10.0. The van der Waals surface area contributed by atoms with Crippen molar-refractivity contribution in [3.8, 4) is 0 Å². The fourth-order valence-corrected chi connectivity index (χ4v) is 10.2. The number of rotatable bonds is 60. The Morgan fingerprint density at radius 2 is 0.772 bits per heavy atom. The molecule has 0 heterocycles. The normalized spacial score (nSPS) is 14.1. The van der Waals surface area contributed by atoms with E-state index in [2.05, 4.69) is 86.8 Å². The summed E-state index contributed by atoms with van der Waals surface area (Å²) in [5, 5.41) is 3.02. The minimum absolute atomic E-state index is 0.0283. The Morgan fingerprint density at radius 1 is 0.443 bits per heavy atom. The maximum absolute atomic E-state index is 13.5. The van der Waals surface area contributed by atoms with Gasteiger partial charge in [0.1, 0.15) is 19.3 Å². The van der Waals surface area contributed by atoms with Crippen LogP contribution in [0.2, 0.25) is 0 Å². The maximum Gasteiger partial charge on any atom is 0.306 e. The summed E-state index contributed by atoms with van der Waals surface area (Å²) < 4.78 is 30.3. The summed E-state index contributed by atoms with van der Waals surface area (Å²) in [6.45, 7) is 6.79. The number of ether oxygens (including phenoxy) is 1. The Bertz CT molecular complexity index is 1580. The minimum Gasteiger partial charge on any atom is -0.756 e. The number of unbranched alkanes of at least 4 members (excludes halogenated alkanes) is 34. The van der Waals surface area contributed by atoms with Gasteiger partial charge in [-0.2, -0.15) is 0 Å². The Hall–Kier alpha value is -2.55. The molecule has 0 saturated heterocycles. The summed E-state index contributed by atoms with van der Waals surface area (Å²) in [6, 6.07) is -0.902. The highest BCUT2D eigenvalue weighted by Crippen LogP contribution is 2.38. The highest BCUT2D eigenvalue weighted by atomic mass is 31.2. The summed E-state index contributed by atoms with van der Waals surface area (Å²) in [7, 11) is 1.17. The SMILES string of the molecule is CCCCC/C=C\C/C=C\C/C=C\CCCCCCC(=O)NC(COP(=O)([O-])OCC[N+](C)(C)C)C(/C=C\CCCCCCCCCCC)OC(=O)CCCCCCCCCCCCCCCCC/C=C\C/C=C\CCCCC. The van der Waals surface area contributed by atoms with Gasteiger partial charge in [-0.05, 0) is 102 Å². The summed E-state index contributed by atoms with van der Waals surface area (Å²) in [5.74, 6) is -0.561. The van der Waals surface area contributed by atoms with Gasteiger partial charge in [0.05, 0.1) is 33.8 Å². The maximum atomic E-state index is 13.5. The van der Waals surface area contributed by atoms with E-state index in [4.69, 9.17) is 13.8 Å². The lowest BCUT2D eigenvalue weighted by Gasteiger charge is -2.30. The number of carbonyl (C=O) groups excluding carboxylic acids is 2. The number of nitrogens with one attached hydrogen (secondary N) is 1. The minimum atomic E-state index is -4.71. The van der Waals surface area contributed by atoms with Crippen LogP contribution in [0.1, 0.15) is 303 Å². The highest BCUT2D eigenvalue weighted by Gasteiger charge is 2.27. The van der Waals surface area contributed by atoms with Crippen molar-refractivity contribution in [3.05, 3.63) is 72.9 Å². The van der Waals surface area contributed by atoms with Gasteiger partial charge in [-0.15, -0.1) is 0 Å². The van der Waals surface area contributed by atoms with E-state index in [9.17, 15) is 19.0 Å². The number of allylic oxidation sites excluding steroid dienone is 11. The van der Waals surface area contributed by atoms with Gasteiger partial charge in [-0.3, -0.25) is 14.2 Å². The molecule has 0 aliphatic carbocycles. The third-order valence-electron chi connectivity index (χ3n) is 14.6. The molecule has 460 valence electrons. The van der Waals surface area contributed by atoms with Gasteiger partial charge in [0.25, 0.3) is 7.82 Å². The van der Waals surface area contributed by atoms with Crippen LogP contribution in [0.5, 0.6) is 0 Å². The first-order chi connectivity index (χ1) is 38.4. The third-order valence-corrected chi connectivity index (χ3v) is 15.6. The van der Waals surface area contributed by atoms with Gasteiger partial charge < -0.3 is 28.5 Å². The van der Waals surface area contributed by atoms with Gasteiger partial charge in [-0.25, -0.2) is 0 Å². The zero-order valence-corrected chi connectivity index (χ0v) is 53.5. The van der Waals surface area contributed by atoms with E-state index in [0.29, 0.717) is 23.9 Å². The smallest absolute Gasteiger partial charge is 0.306 e. The van der Waals surface area contributed by atoms with Crippen molar-refractivity contribution in [1.29, 1.82) is 0 Å². The second-order valence-corrected chi connectivity index (χ2v) is 25.0. The summed E-state index contributed by atoms with van der Waals surface area (Å²) in [6.07, 6.45) is 75.9. The van der Waals surface area contributed by atoms with Crippen LogP contribution >= 0.6 is 7.82 Å². The van der Waals surface area contributed by atoms with Gasteiger partial charge in [0.2, 0.25) is 5.91 Å². The van der Waals surface area contributed by atoms with E-state index in [1.54, 1.807) is 0 Å². The van der Waals surface area contributed by atoms with E-state index < -0.39 is 26.6 Å². The van der Waals surface area contributed by atoms with Gasteiger partial charge in [-0.1, -0.05) is 261 Å². The number of likely N-dealkylation sites (N-methyl/N-ethyl adjacent to an activating group) is 1. The molecule has 0 aliphatic rings. The molecular formula is C69H127N2O7P. The molecule has 79 heavy (non-hydrogen) atoms. The average molecular weight is 1130 g/mol. The van der Waals surface area contributed by atoms with Crippen molar-refractivity contribution >= 4 is 19.7 Å². The molecule has 9 nitrogen and oxygen atoms in total. The number of carbonyl (C=O) groups is 2. The number of hydrogen-bond donors (Lipinski definition) is 1. The molecule has 0 rings (SSSR count). The molecular weight excluding hydrogens is 1000 g/mol.